The number of carbonyl (C=O) groups excluding carboxylic acids is 3. The average molecular weight is 383 g/mol. The molecule has 146 valence electrons. The van der Waals surface area contributed by atoms with Crippen molar-refractivity contribution in [3.63, 3.8) is 0 Å². The highest BCUT2D eigenvalue weighted by Gasteiger charge is 2.51. The zero-order chi connectivity index (χ0) is 20.5. The molecule has 28 heavy (non-hydrogen) atoms. The predicted octanol–water partition coefficient (Wildman–Crippen LogP) is 2.88. The molecule has 6 nitrogen and oxygen atoms in total. The zero-order valence-corrected chi connectivity index (χ0v) is 16.0. The van der Waals surface area contributed by atoms with Crippen LogP contribution in [0.2, 0.25) is 0 Å². The van der Waals surface area contributed by atoms with E-state index < -0.39 is 17.4 Å². The third kappa shape index (κ3) is 3.35. The summed E-state index contributed by atoms with van der Waals surface area (Å²) in [5, 5.41) is 2.77. The quantitative estimate of drug-likeness (QED) is 0.807. The summed E-state index contributed by atoms with van der Waals surface area (Å²) in [4.78, 5) is 40.2. The Kier molecular flexibility index (Phi) is 5.18. The Bertz CT molecular complexity index is 909. The summed E-state index contributed by atoms with van der Waals surface area (Å²) in [7, 11) is 3.34. The molecule has 1 unspecified atom stereocenters. The van der Waals surface area contributed by atoms with Gasteiger partial charge in [-0.15, -0.1) is 0 Å². The van der Waals surface area contributed by atoms with Gasteiger partial charge in [0.25, 0.3) is 11.8 Å². The van der Waals surface area contributed by atoms with Crippen molar-refractivity contribution in [1.82, 2.24) is 15.1 Å². The molecule has 4 amide bonds. The van der Waals surface area contributed by atoms with Gasteiger partial charge >= 0.3 is 6.03 Å². The number of nitrogens with one attached hydrogen (secondary N) is 1. The van der Waals surface area contributed by atoms with E-state index in [1.165, 1.54) is 29.2 Å². The Morgan fingerprint density at radius 3 is 2.21 bits per heavy atom. The molecule has 1 aliphatic heterocycles. The molecular formula is C21H22FN3O3. The fourth-order valence-electron chi connectivity index (χ4n) is 3.34. The Morgan fingerprint density at radius 2 is 1.68 bits per heavy atom. The third-order valence-electron chi connectivity index (χ3n) is 4.99. The number of amides is 4. The number of imide groups is 1. The smallest absolute Gasteiger partial charge is 0.325 e. The van der Waals surface area contributed by atoms with Crippen molar-refractivity contribution in [3.05, 3.63) is 71.0 Å². The summed E-state index contributed by atoms with van der Waals surface area (Å²) >= 11 is 0. The average Bonchev–Trinajstić information content (AvgIpc) is 2.93. The first kappa shape index (κ1) is 19.5. The standard InChI is InChI=1S/C21H22FN3O3/c1-4-21(16-9-11-17(22)12-10-16)19(27)25(20(28)23-21)13-14-5-7-15(8-6-14)18(26)24(2)3/h5-12H,4,13H2,1-3H3,(H,23,28). The topological polar surface area (TPSA) is 69.7 Å². The fraction of sp³-hybridized carbons (Fsp3) is 0.286. The molecule has 1 atom stereocenters. The van der Waals surface area contributed by atoms with Gasteiger partial charge < -0.3 is 10.2 Å². The Morgan fingerprint density at radius 1 is 1.07 bits per heavy atom. The molecule has 1 N–H and O–H groups in total. The molecule has 1 fully saturated rings. The van der Waals surface area contributed by atoms with Gasteiger partial charge in [-0.3, -0.25) is 14.5 Å². The van der Waals surface area contributed by atoms with Gasteiger partial charge in [0.15, 0.2) is 0 Å². The van der Waals surface area contributed by atoms with Crippen LogP contribution in [0.3, 0.4) is 0 Å². The normalized spacial score (nSPS) is 18.9. The first-order valence-electron chi connectivity index (χ1n) is 8.99. The van der Waals surface area contributed by atoms with Crippen LogP contribution in [-0.4, -0.2) is 41.7 Å². The minimum absolute atomic E-state index is 0.0873. The van der Waals surface area contributed by atoms with E-state index in [1.807, 2.05) is 0 Å². The minimum Gasteiger partial charge on any atom is -0.345 e. The van der Waals surface area contributed by atoms with E-state index in [1.54, 1.807) is 45.3 Å². The Hall–Kier alpha value is -3.22. The lowest BCUT2D eigenvalue weighted by Crippen LogP contribution is -2.43. The summed E-state index contributed by atoms with van der Waals surface area (Å²) in [5.41, 5.74) is 0.597. The third-order valence-corrected chi connectivity index (χ3v) is 4.99. The van der Waals surface area contributed by atoms with Crippen molar-refractivity contribution in [2.24, 2.45) is 0 Å². The molecule has 7 heteroatoms. The van der Waals surface area contributed by atoms with Crippen LogP contribution in [0.4, 0.5) is 9.18 Å². The van der Waals surface area contributed by atoms with Crippen LogP contribution in [0.5, 0.6) is 0 Å². The molecule has 0 aromatic heterocycles. The number of hydrogen-bond donors (Lipinski definition) is 1. The lowest BCUT2D eigenvalue weighted by molar-refractivity contribution is -0.132. The van der Waals surface area contributed by atoms with Crippen LogP contribution in [0, 0.1) is 5.82 Å². The monoisotopic (exact) mass is 383 g/mol. The van der Waals surface area contributed by atoms with Crippen molar-refractivity contribution in [1.29, 1.82) is 0 Å². The van der Waals surface area contributed by atoms with E-state index in [4.69, 9.17) is 0 Å². The predicted molar refractivity (Wildman–Crippen MR) is 102 cm³/mol. The zero-order valence-electron chi connectivity index (χ0n) is 16.0. The molecule has 0 saturated carbocycles. The van der Waals surface area contributed by atoms with Crippen molar-refractivity contribution in [2.75, 3.05) is 14.1 Å². The number of halogens is 1. The summed E-state index contributed by atoms with van der Waals surface area (Å²) in [5.74, 6) is -0.904. The molecule has 2 aromatic carbocycles. The second-order valence-electron chi connectivity index (χ2n) is 6.98. The second-order valence-corrected chi connectivity index (χ2v) is 6.98. The highest BCUT2D eigenvalue weighted by atomic mass is 19.1. The molecular weight excluding hydrogens is 361 g/mol. The van der Waals surface area contributed by atoms with Crippen molar-refractivity contribution in [3.8, 4) is 0 Å². The minimum atomic E-state index is -1.20. The number of hydrogen-bond acceptors (Lipinski definition) is 3. The molecule has 2 aromatic rings. The van der Waals surface area contributed by atoms with E-state index in [0.717, 1.165) is 10.5 Å². The molecule has 0 radical (unpaired) electrons. The van der Waals surface area contributed by atoms with Crippen LogP contribution in [0.15, 0.2) is 48.5 Å². The van der Waals surface area contributed by atoms with Crippen molar-refractivity contribution >= 4 is 17.8 Å². The number of rotatable bonds is 5. The maximum Gasteiger partial charge on any atom is 0.325 e. The highest BCUT2D eigenvalue weighted by molar-refractivity contribution is 6.07. The molecule has 3 rings (SSSR count). The van der Waals surface area contributed by atoms with Gasteiger partial charge in [-0.25, -0.2) is 9.18 Å². The number of nitrogens with zero attached hydrogens (tertiary/aromatic N) is 2. The first-order chi connectivity index (χ1) is 13.3. The molecule has 1 aliphatic rings. The van der Waals surface area contributed by atoms with E-state index in [9.17, 15) is 18.8 Å². The van der Waals surface area contributed by atoms with Crippen molar-refractivity contribution < 1.29 is 18.8 Å². The van der Waals surface area contributed by atoms with Crippen LogP contribution < -0.4 is 5.32 Å². The highest BCUT2D eigenvalue weighted by Crippen LogP contribution is 2.33. The number of benzene rings is 2. The van der Waals surface area contributed by atoms with E-state index in [0.29, 0.717) is 17.5 Å². The molecule has 0 bridgehead atoms. The van der Waals surface area contributed by atoms with Crippen LogP contribution in [0.1, 0.15) is 34.8 Å². The molecule has 1 saturated heterocycles. The maximum atomic E-state index is 13.3. The van der Waals surface area contributed by atoms with Gasteiger partial charge in [-0.1, -0.05) is 31.2 Å². The first-order valence-corrected chi connectivity index (χ1v) is 8.99. The molecule has 1 heterocycles. The lowest BCUT2D eigenvalue weighted by atomic mass is 9.87. The molecule has 0 spiro atoms. The summed E-state index contributed by atoms with van der Waals surface area (Å²) < 4.78 is 13.3. The number of urea groups is 1. The Labute approximate surface area is 162 Å². The van der Waals surface area contributed by atoms with Gasteiger partial charge in [0.2, 0.25) is 0 Å². The van der Waals surface area contributed by atoms with Crippen LogP contribution >= 0.6 is 0 Å². The van der Waals surface area contributed by atoms with Gasteiger partial charge in [-0.2, -0.15) is 0 Å². The van der Waals surface area contributed by atoms with Crippen LogP contribution in [-0.2, 0) is 16.9 Å². The second kappa shape index (κ2) is 7.42. The van der Waals surface area contributed by atoms with E-state index in [-0.39, 0.29) is 18.4 Å². The summed E-state index contributed by atoms with van der Waals surface area (Å²) in [6.07, 6.45) is 0.343. The maximum absolute atomic E-state index is 13.3. The lowest BCUT2D eigenvalue weighted by Gasteiger charge is -2.25. The van der Waals surface area contributed by atoms with E-state index >= 15 is 0 Å². The number of carbonyl (C=O) groups is 3. The fourth-order valence-corrected chi connectivity index (χ4v) is 3.34. The Balaban J connectivity index is 1.83. The van der Waals surface area contributed by atoms with Gasteiger partial charge in [-0.05, 0) is 41.8 Å². The summed E-state index contributed by atoms with van der Waals surface area (Å²) in [6.45, 7) is 1.89. The SMILES string of the molecule is CCC1(c2ccc(F)cc2)NC(=O)N(Cc2ccc(C(=O)N(C)C)cc2)C1=O. The van der Waals surface area contributed by atoms with Gasteiger partial charge in [0.1, 0.15) is 11.4 Å². The van der Waals surface area contributed by atoms with Crippen molar-refractivity contribution in [2.45, 2.75) is 25.4 Å². The van der Waals surface area contributed by atoms with Crippen LogP contribution in [0.25, 0.3) is 0 Å². The van der Waals surface area contributed by atoms with Gasteiger partial charge in [0.05, 0.1) is 6.54 Å². The summed E-state index contributed by atoms with van der Waals surface area (Å²) in [6, 6.07) is 11.9. The van der Waals surface area contributed by atoms with E-state index in [2.05, 4.69) is 5.32 Å². The largest absolute Gasteiger partial charge is 0.345 e. The molecule has 0 aliphatic carbocycles. The van der Waals surface area contributed by atoms with Gasteiger partial charge in [0, 0.05) is 19.7 Å².